The number of piperazine rings is 1. The van der Waals surface area contributed by atoms with Crippen LogP contribution >= 0.6 is 0 Å². The van der Waals surface area contributed by atoms with Gasteiger partial charge in [0.2, 0.25) is 5.91 Å². The van der Waals surface area contributed by atoms with E-state index < -0.39 is 6.03 Å². The van der Waals surface area contributed by atoms with Crippen molar-refractivity contribution >= 4 is 11.9 Å². The highest BCUT2D eigenvalue weighted by atomic mass is 16.2. The number of urea groups is 1. The maximum atomic E-state index is 11.6. The van der Waals surface area contributed by atoms with Gasteiger partial charge in [0.1, 0.15) is 6.04 Å². The van der Waals surface area contributed by atoms with E-state index >= 15 is 0 Å². The van der Waals surface area contributed by atoms with Gasteiger partial charge in [-0.05, 0) is 6.42 Å². The Balaban J connectivity index is 2.34. The number of imide groups is 1. The lowest BCUT2D eigenvalue weighted by molar-refractivity contribution is -0.121. The number of nitrogens with zero attached hydrogens (tertiary/aromatic N) is 2. The summed E-state index contributed by atoms with van der Waals surface area (Å²) in [4.78, 5) is 24.6. The van der Waals surface area contributed by atoms with E-state index in [9.17, 15) is 9.59 Å². The van der Waals surface area contributed by atoms with Crippen LogP contribution in [0.2, 0.25) is 0 Å². The lowest BCUT2D eigenvalue weighted by Crippen LogP contribution is -2.54. The summed E-state index contributed by atoms with van der Waals surface area (Å²) in [6.45, 7) is 4.45. The van der Waals surface area contributed by atoms with E-state index in [1.54, 1.807) is 4.90 Å². The number of nitriles is 1. The van der Waals surface area contributed by atoms with Crippen molar-refractivity contribution in [1.82, 2.24) is 20.9 Å². The van der Waals surface area contributed by atoms with Gasteiger partial charge in [-0.25, -0.2) is 4.79 Å². The normalized spacial score (nSPS) is 19.9. The molecule has 3 N–H and O–H groups in total. The zero-order chi connectivity index (χ0) is 13.4. The number of hydrogen-bond acceptors (Lipinski definition) is 5. The summed E-state index contributed by atoms with van der Waals surface area (Å²) < 4.78 is 0. The van der Waals surface area contributed by atoms with Crippen LogP contribution in [0.3, 0.4) is 0 Å². The van der Waals surface area contributed by atoms with Crippen LogP contribution in [0.4, 0.5) is 4.79 Å². The second-order valence-corrected chi connectivity index (χ2v) is 4.12. The predicted octanol–water partition coefficient (Wildman–Crippen LogP) is -0.980. The molecular weight excluding hydrogens is 234 g/mol. The van der Waals surface area contributed by atoms with Gasteiger partial charge in [-0.3, -0.25) is 15.0 Å². The molecule has 1 saturated heterocycles. The molecule has 18 heavy (non-hydrogen) atoms. The van der Waals surface area contributed by atoms with Crippen LogP contribution in [0, 0.1) is 11.3 Å². The summed E-state index contributed by atoms with van der Waals surface area (Å²) in [6, 6.07) is 1.33. The number of carbonyl (C=O) groups excluding carboxylic acids is 2. The van der Waals surface area contributed by atoms with Crippen LogP contribution in [-0.4, -0.2) is 55.6 Å². The minimum Gasteiger partial charge on any atom is -0.338 e. The Kier molecular flexibility index (Phi) is 6.11. The molecule has 0 aromatic carbocycles. The average Bonchev–Trinajstić information content (AvgIpc) is 2.36. The minimum absolute atomic E-state index is 0.0689. The van der Waals surface area contributed by atoms with Gasteiger partial charge in [0.25, 0.3) is 0 Å². The second kappa shape index (κ2) is 7.63. The van der Waals surface area contributed by atoms with E-state index in [-0.39, 0.29) is 18.5 Å². The Hall–Kier alpha value is -1.65. The Morgan fingerprint density at radius 3 is 3.00 bits per heavy atom. The Labute approximate surface area is 107 Å². The fraction of sp³-hybridized carbons (Fsp3) is 0.727. The molecule has 1 aliphatic rings. The Morgan fingerprint density at radius 2 is 2.33 bits per heavy atom. The third kappa shape index (κ3) is 4.69. The SMILES string of the molecule is CCCNC(=O)NC(=O)CN1CCNCC1C#N. The van der Waals surface area contributed by atoms with Crippen molar-refractivity contribution in [3.63, 3.8) is 0 Å². The van der Waals surface area contributed by atoms with Gasteiger partial charge in [0, 0.05) is 26.2 Å². The minimum atomic E-state index is -0.481. The zero-order valence-electron chi connectivity index (χ0n) is 10.5. The van der Waals surface area contributed by atoms with Gasteiger partial charge in [0.15, 0.2) is 0 Å². The Bertz CT molecular complexity index is 339. The average molecular weight is 253 g/mol. The first-order chi connectivity index (χ1) is 8.67. The summed E-state index contributed by atoms with van der Waals surface area (Å²) in [5.41, 5.74) is 0. The van der Waals surface area contributed by atoms with Gasteiger partial charge in [-0.15, -0.1) is 0 Å². The smallest absolute Gasteiger partial charge is 0.321 e. The number of nitrogens with one attached hydrogen (secondary N) is 3. The zero-order valence-corrected chi connectivity index (χ0v) is 10.5. The first kappa shape index (κ1) is 14.4. The fourth-order valence-corrected chi connectivity index (χ4v) is 1.70. The molecule has 1 fully saturated rings. The number of rotatable bonds is 4. The molecule has 7 heteroatoms. The van der Waals surface area contributed by atoms with Crippen molar-refractivity contribution < 1.29 is 9.59 Å². The van der Waals surface area contributed by atoms with Crippen LogP contribution in [0.1, 0.15) is 13.3 Å². The van der Waals surface area contributed by atoms with Crippen molar-refractivity contribution in [1.29, 1.82) is 5.26 Å². The second-order valence-electron chi connectivity index (χ2n) is 4.12. The molecule has 0 aromatic rings. The molecule has 1 aliphatic heterocycles. The van der Waals surface area contributed by atoms with E-state index in [0.717, 1.165) is 13.0 Å². The molecule has 0 bridgehead atoms. The van der Waals surface area contributed by atoms with E-state index in [4.69, 9.17) is 5.26 Å². The first-order valence-electron chi connectivity index (χ1n) is 6.09. The third-order valence-corrected chi connectivity index (χ3v) is 2.64. The van der Waals surface area contributed by atoms with Crippen molar-refractivity contribution in [2.45, 2.75) is 19.4 Å². The van der Waals surface area contributed by atoms with Crippen LogP contribution in [0.15, 0.2) is 0 Å². The molecule has 0 radical (unpaired) electrons. The van der Waals surface area contributed by atoms with Crippen molar-refractivity contribution in [3.05, 3.63) is 0 Å². The molecule has 0 aliphatic carbocycles. The molecule has 1 atom stereocenters. The van der Waals surface area contributed by atoms with E-state index in [1.165, 1.54) is 0 Å². The standard InChI is InChI=1S/C11H19N5O2/c1-2-3-14-11(18)15-10(17)8-16-5-4-13-7-9(16)6-12/h9,13H,2-5,7-8H2,1H3,(H2,14,15,17,18). The quantitative estimate of drug-likeness (QED) is 0.598. The van der Waals surface area contributed by atoms with Gasteiger partial charge in [-0.2, -0.15) is 5.26 Å². The largest absolute Gasteiger partial charge is 0.338 e. The highest BCUT2D eigenvalue weighted by Gasteiger charge is 2.24. The maximum Gasteiger partial charge on any atom is 0.321 e. The highest BCUT2D eigenvalue weighted by Crippen LogP contribution is 2.01. The Morgan fingerprint density at radius 1 is 1.56 bits per heavy atom. The fourth-order valence-electron chi connectivity index (χ4n) is 1.70. The summed E-state index contributed by atoms with van der Waals surface area (Å²) in [7, 11) is 0. The summed E-state index contributed by atoms with van der Waals surface area (Å²) in [6.07, 6.45) is 0.815. The molecular formula is C11H19N5O2. The van der Waals surface area contributed by atoms with Crippen LogP contribution in [0.5, 0.6) is 0 Å². The van der Waals surface area contributed by atoms with E-state index in [2.05, 4.69) is 22.0 Å². The van der Waals surface area contributed by atoms with Crippen molar-refractivity contribution in [2.75, 3.05) is 32.7 Å². The molecule has 7 nitrogen and oxygen atoms in total. The molecule has 1 rings (SSSR count). The van der Waals surface area contributed by atoms with Gasteiger partial charge in [0.05, 0.1) is 12.6 Å². The molecule has 0 spiro atoms. The monoisotopic (exact) mass is 253 g/mol. The number of hydrogen-bond donors (Lipinski definition) is 3. The maximum absolute atomic E-state index is 11.6. The summed E-state index contributed by atoms with van der Waals surface area (Å²) in [5, 5.41) is 16.8. The molecule has 1 heterocycles. The predicted molar refractivity (Wildman–Crippen MR) is 65.7 cm³/mol. The molecule has 0 saturated carbocycles. The van der Waals surface area contributed by atoms with E-state index in [0.29, 0.717) is 19.6 Å². The third-order valence-electron chi connectivity index (χ3n) is 2.64. The first-order valence-corrected chi connectivity index (χ1v) is 6.09. The molecule has 100 valence electrons. The van der Waals surface area contributed by atoms with Crippen LogP contribution < -0.4 is 16.0 Å². The van der Waals surface area contributed by atoms with Crippen LogP contribution in [0.25, 0.3) is 0 Å². The number of carbonyl (C=O) groups is 2. The van der Waals surface area contributed by atoms with Gasteiger partial charge >= 0.3 is 6.03 Å². The molecule has 0 aromatic heterocycles. The summed E-state index contributed by atoms with van der Waals surface area (Å²) >= 11 is 0. The summed E-state index contributed by atoms with van der Waals surface area (Å²) in [5.74, 6) is -0.384. The van der Waals surface area contributed by atoms with Crippen molar-refractivity contribution in [2.24, 2.45) is 0 Å². The number of amides is 3. The lowest BCUT2D eigenvalue weighted by Gasteiger charge is -2.30. The highest BCUT2D eigenvalue weighted by molar-refractivity contribution is 5.95. The topological polar surface area (TPSA) is 97.3 Å². The van der Waals surface area contributed by atoms with Gasteiger partial charge in [-0.1, -0.05) is 6.92 Å². The van der Waals surface area contributed by atoms with Crippen molar-refractivity contribution in [3.8, 4) is 6.07 Å². The lowest BCUT2D eigenvalue weighted by atomic mass is 10.2. The van der Waals surface area contributed by atoms with Gasteiger partial charge < -0.3 is 10.6 Å². The molecule has 3 amide bonds. The van der Waals surface area contributed by atoms with Crippen LogP contribution in [-0.2, 0) is 4.79 Å². The van der Waals surface area contributed by atoms with E-state index in [1.807, 2.05) is 6.92 Å². The molecule has 1 unspecified atom stereocenters.